The number of carbonyl (C=O) groups excluding carboxylic acids is 3. The molecule has 8 nitrogen and oxygen atoms in total. The van der Waals surface area contributed by atoms with E-state index in [0.29, 0.717) is 56.9 Å². The number of benzene rings is 3. The van der Waals surface area contributed by atoms with E-state index in [9.17, 15) is 14.4 Å². The van der Waals surface area contributed by atoms with E-state index in [1.165, 1.54) is 0 Å². The van der Waals surface area contributed by atoms with Crippen molar-refractivity contribution in [1.82, 2.24) is 4.90 Å². The third kappa shape index (κ3) is 5.54. The van der Waals surface area contributed by atoms with Crippen LogP contribution in [-0.4, -0.2) is 56.1 Å². The van der Waals surface area contributed by atoms with Gasteiger partial charge in [-0.1, -0.05) is 23.2 Å². The van der Waals surface area contributed by atoms with E-state index in [1.54, 1.807) is 74.3 Å². The first kappa shape index (κ1) is 30.7. The Kier molecular flexibility index (Phi) is 8.90. The Morgan fingerprint density at radius 2 is 1.77 bits per heavy atom. The third-order valence-electron chi connectivity index (χ3n) is 8.36. The number of fused-ring (bicyclic) bond motifs is 1. The number of carbonyl (C=O) groups is 3. The highest BCUT2D eigenvalue weighted by Gasteiger charge is 2.50. The molecule has 2 aliphatic rings. The summed E-state index contributed by atoms with van der Waals surface area (Å²) in [6.07, 6.45) is 2.16. The Morgan fingerprint density at radius 1 is 0.977 bits per heavy atom. The van der Waals surface area contributed by atoms with Gasteiger partial charge in [0, 0.05) is 39.5 Å². The van der Waals surface area contributed by atoms with Crippen molar-refractivity contribution in [2.75, 3.05) is 32.3 Å². The number of rotatable bonds is 8. The lowest BCUT2D eigenvalue weighted by molar-refractivity contribution is -0.149. The Bertz CT molecular complexity index is 1580. The average molecular weight is 626 g/mol. The highest BCUT2D eigenvalue weighted by molar-refractivity contribution is 6.33. The van der Waals surface area contributed by atoms with Gasteiger partial charge in [-0.15, -0.1) is 0 Å². The van der Waals surface area contributed by atoms with Gasteiger partial charge in [-0.3, -0.25) is 9.59 Å². The molecular weight excluding hydrogens is 591 g/mol. The molecule has 2 unspecified atom stereocenters. The van der Waals surface area contributed by atoms with Gasteiger partial charge in [0.25, 0.3) is 5.91 Å². The van der Waals surface area contributed by atoms with E-state index in [-0.39, 0.29) is 25.0 Å². The molecule has 43 heavy (non-hydrogen) atoms. The lowest BCUT2D eigenvalue weighted by Crippen LogP contribution is -2.48. The minimum absolute atomic E-state index is 0.224. The number of likely N-dealkylation sites (tertiary alicyclic amines) is 1. The largest absolute Gasteiger partial charge is 0.497 e. The van der Waals surface area contributed by atoms with Gasteiger partial charge in [-0.05, 0) is 92.8 Å². The van der Waals surface area contributed by atoms with Crippen LogP contribution < -0.4 is 14.4 Å². The monoisotopic (exact) mass is 624 g/mol. The fourth-order valence-corrected chi connectivity index (χ4v) is 6.55. The first-order valence-corrected chi connectivity index (χ1v) is 15.0. The molecule has 3 aromatic rings. The number of esters is 1. The van der Waals surface area contributed by atoms with Crippen molar-refractivity contribution in [1.29, 1.82) is 0 Å². The van der Waals surface area contributed by atoms with E-state index >= 15 is 0 Å². The number of methoxy groups -OCH3 is 2. The number of ether oxygens (including phenoxy) is 3. The second-order valence-corrected chi connectivity index (χ2v) is 11.7. The number of anilines is 1. The lowest BCUT2D eigenvalue weighted by atomic mass is 9.76. The molecule has 5 rings (SSSR count). The summed E-state index contributed by atoms with van der Waals surface area (Å²) in [5, 5.41) is 0.804. The Hall–Kier alpha value is -3.75. The normalized spacial score (nSPS) is 19.7. The Labute approximate surface area is 261 Å². The van der Waals surface area contributed by atoms with Crippen molar-refractivity contribution in [3.63, 3.8) is 0 Å². The molecule has 1 saturated heterocycles. The van der Waals surface area contributed by atoms with Crippen molar-refractivity contribution in [3.05, 3.63) is 86.9 Å². The summed E-state index contributed by atoms with van der Waals surface area (Å²) >= 11 is 13.3. The molecule has 0 bridgehead atoms. The molecule has 2 heterocycles. The molecule has 226 valence electrons. The number of halogens is 2. The van der Waals surface area contributed by atoms with Crippen LogP contribution in [0, 0.1) is 0 Å². The molecule has 0 aliphatic carbocycles. The maximum Gasteiger partial charge on any atom is 0.328 e. The molecule has 2 aliphatic heterocycles. The first-order chi connectivity index (χ1) is 20.6. The van der Waals surface area contributed by atoms with Crippen molar-refractivity contribution in [2.24, 2.45) is 0 Å². The van der Waals surface area contributed by atoms with Gasteiger partial charge < -0.3 is 24.0 Å². The summed E-state index contributed by atoms with van der Waals surface area (Å²) in [5.74, 6) is 0.278. The molecule has 0 aromatic heterocycles. The van der Waals surface area contributed by atoms with Crippen LogP contribution in [0.25, 0.3) is 0 Å². The number of nitrogens with zero attached hydrogens (tertiary/aromatic N) is 2. The van der Waals surface area contributed by atoms with Gasteiger partial charge in [0.1, 0.15) is 23.0 Å². The van der Waals surface area contributed by atoms with Crippen LogP contribution >= 0.6 is 23.2 Å². The Morgan fingerprint density at radius 3 is 2.49 bits per heavy atom. The van der Waals surface area contributed by atoms with Crippen LogP contribution in [0.2, 0.25) is 10.0 Å². The standard InChI is InChI=1S/C33H34Cl2N2O6/c1-5-43-31(39)28-8-6-7-15-36(28)30(38)20-10-13-26(35)24(16-20)33(2)25-17-22(34)11-14-27(25)37(32(33)40)19-21-9-12-23(41-3)18-29(21)42-4/h9-14,16-18,28H,5-8,15,19H2,1-4H3. The zero-order valence-electron chi connectivity index (χ0n) is 24.6. The maximum atomic E-state index is 14.5. The molecule has 0 radical (unpaired) electrons. The van der Waals surface area contributed by atoms with E-state index in [2.05, 4.69) is 0 Å². The van der Waals surface area contributed by atoms with Gasteiger partial charge in [-0.2, -0.15) is 0 Å². The van der Waals surface area contributed by atoms with E-state index in [4.69, 9.17) is 37.4 Å². The highest BCUT2D eigenvalue weighted by atomic mass is 35.5. The lowest BCUT2D eigenvalue weighted by Gasteiger charge is -2.34. The molecule has 0 saturated carbocycles. The molecule has 2 atom stereocenters. The summed E-state index contributed by atoms with van der Waals surface area (Å²) in [5.41, 5.74) is 1.70. The zero-order valence-corrected chi connectivity index (χ0v) is 26.1. The molecule has 3 aromatic carbocycles. The third-order valence-corrected chi connectivity index (χ3v) is 8.92. The fraction of sp³-hybridized carbons (Fsp3) is 0.364. The van der Waals surface area contributed by atoms with Crippen molar-refractivity contribution in [3.8, 4) is 11.5 Å². The summed E-state index contributed by atoms with van der Waals surface area (Å²) in [6.45, 7) is 4.45. The van der Waals surface area contributed by atoms with Crippen LogP contribution in [0.4, 0.5) is 5.69 Å². The number of hydrogen-bond donors (Lipinski definition) is 0. The van der Waals surface area contributed by atoms with Crippen molar-refractivity contribution >= 4 is 46.7 Å². The summed E-state index contributed by atoms with van der Waals surface area (Å²) in [7, 11) is 3.15. The second-order valence-electron chi connectivity index (χ2n) is 10.8. The summed E-state index contributed by atoms with van der Waals surface area (Å²) in [4.78, 5) is 44.3. The molecule has 2 amide bonds. The van der Waals surface area contributed by atoms with Crippen LogP contribution in [0.1, 0.15) is 60.2 Å². The van der Waals surface area contributed by atoms with Crippen molar-refractivity contribution < 1.29 is 28.6 Å². The molecule has 1 fully saturated rings. The van der Waals surface area contributed by atoms with E-state index in [1.807, 2.05) is 18.2 Å². The van der Waals surface area contributed by atoms with Gasteiger partial charge in [0.15, 0.2) is 0 Å². The van der Waals surface area contributed by atoms with E-state index < -0.39 is 17.4 Å². The molecule has 0 N–H and O–H groups in total. The summed E-state index contributed by atoms with van der Waals surface area (Å²) < 4.78 is 16.2. The summed E-state index contributed by atoms with van der Waals surface area (Å²) in [6, 6.07) is 15.1. The zero-order chi connectivity index (χ0) is 30.9. The Balaban J connectivity index is 1.56. The number of hydrogen-bond acceptors (Lipinski definition) is 6. The van der Waals surface area contributed by atoms with Crippen LogP contribution in [0.15, 0.2) is 54.6 Å². The predicted octanol–water partition coefficient (Wildman–Crippen LogP) is 6.42. The minimum Gasteiger partial charge on any atom is -0.497 e. The molecular formula is C33H34Cl2N2O6. The first-order valence-electron chi connectivity index (χ1n) is 14.2. The number of piperidine rings is 1. The fourth-order valence-electron chi connectivity index (χ4n) is 6.07. The molecule has 0 spiro atoms. The van der Waals surface area contributed by atoms with Crippen LogP contribution in [0.3, 0.4) is 0 Å². The maximum absolute atomic E-state index is 14.5. The van der Waals surface area contributed by atoms with Gasteiger partial charge >= 0.3 is 5.97 Å². The number of amides is 2. The highest BCUT2D eigenvalue weighted by Crippen LogP contribution is 2.49. The smallest absolute Gasteiger partial charge is 0.328 e. The van der Waals surface area contributed by atoms with Gasteiger partial charge in [0.2, 0.25) is 5.91 Å². The minimum atomic E-state index is -1.25. The average Bonchev–Trinajstić information content (AvgIpc) is 3.22. The molecule has 10 heteroatoms. The topological polar surface area (TPSA) is 85.4 Å². The second kappa shape index (κ2) is 12.5. The van der Waals surface area contributed by atoms with Crippen LogP contribution in [-0.2, 0) is 26.3 Å². The van der Waals surface area contributed by atoms with Gasteiger partial charge in [0.05, 0.1) is 27.4 Å². The van der Waals surface area contributed by atoms with Crippen LogP contribution in [0.5, 0.6) is 11.5 Å². The van der Waals surface area contributed by atoms with E-state index in [0.717, 1.165) is 18.4 Å². The predicted molar refractivity (Wildman–Crippen MR) is 165 cm³/mol. The SMILES string of the molecule is CCOC(=O)C1CCCCN1C(=O)c1ccc(Cl)c(C2(C)C(=O)N(Cc3ccc(OC)cc3OC)c3ccc(Cl)cc32)c1. The van der Waals surface area contributed by atoms with Gasteiger partial charge in [-0.25, -0.2) is 4.79 Å². The quantitative estimate of drug-likeness (QED) is 0.269. The van der Waals surface area contributed by atoms with Crippen molar-refractivity contribution in [2.45, 2.75) is 51.1 Å².